The van der Waals surface area contributed by atoms with Crippen LogP contribution < -0.4 is 10.1 Å². The number of nitrogens with zero attached hydrogens (tertiary/aromatic N) is 1. The van der Waals surface area contributed by atoms with Crippen molar-refractivity contribution in [2.75, 3.05) is 0 Å². The van der Waals surface area contributed by atoms with Crippen LogP contribution in [-0.4, -0.2) is 21.1 Å². The van der Waals surface area contributed by atoms with Crippen LogP contribution in [0.1, 0.15) is 31.0 Å². The number of thiocarbonyl (C=S) groups is 1. The lowest BCUT2D eigenvalue weighted by atomic mass is 9.86. The molecule has 2 atom stereocenters. The van der Waals surface area contributed by atoms with Crippen LogP contribution in [0.3, 0.4) is 0 Å². The van der Waals surface area contributed by atoms with Crippen LogP contribution in [0.4, 0.5) is 0 Å². The van der Waals surface area contributed by atoms with E-state index in [9.17, 15) is 5.11 Å². The zero-order valence-corrected chi connectivity index (χ0v) is 12.3. The van der Waals surface area contributed by atoms with E-state index in [1.54, 1.807) is 32.0 Å². The van der Waals surface area contributed by atoms with Gasteiger partial charge in [-0.05, 0) is 32.0 Å². The molecule has 1 aromatic rings. The Hall–Kier alpha value is -1.29. The van der Waals surface area contributed by atoms with Gasteiger partial charge in [0.2, 0.25) is 0 Å². The van der Waals surface area contributed by atoms with Crippen LogP contribution in [-0.2, 0) is 0 Å². The van der Waals surface area contributed by atoms with Gasteiger partial charge in [-0.3, -0.25) is 0 Å². The topological polar surface area (TPSA) is 65.3 Å². The SMILES string of the molecule is CC1(C)Oc2ccc(C#N)cc2C(NC(=S)S)C1O. The van der Waals surface area contributed by atoms with Gasteiger partial charge in [0, 0.05) is 5.56 Å². The highest BCUT2D eigenvalue weighted by Gasteiger charge is 2.43. The molecule has 1 aliphatic heterocycles. The summed E-state index contributed by atoms with van der Waals surface area (Å²) >= 11 is 8.98. The van der Waals surface area contributed by atoms with Crippen LogP contribution >= 0.6 is 24.8 Å². The fourth-order valence-electron chi connectivity index (χ4n) is 2.16. The van der Waals surface area contributed by atoms with Crippen molar-refractivity contribution in [2.24, 2.45) is 0 Å². The third-order valence-corrected chi connectivity index (χ3v) is 3.40. The summed E-state index contributed by atoms with van der Waals surface area (Å²) in [6.07, 6.45) is -0.806. The second-order valence-corrected chi connectivity index (χ2v) is 6.10. The van der Waals surface area contributed by atoms with Crippen molar-refractivity contribution in [1.82, 2.24) is 5.32 Å². The van der Waals surface area contributed by atoms with E-state index in [-0.39, 0.29) is 4.32 Å². The van der Waals surface area contributed by atoms with Gasteiger partial charge in [-0.1, -0.05) is 12.2 Å². The number of ether oxygens (including phenoxy) is 1. The van der Waals surface area contributed by atoms with Gasteiger partial charge in [0.25, 0.3) is 0 Å². The fraction of sp³-hybridized carbons (Fsp3) is 0.385. The highest BCUT2D eigenvalue weighted by atomic mass is 32.1. The number of benzene rings is 1. The molecular weight excluding hydrogens is 280 g/mol. The summed E-state index contributed by atoms with van der Waals surface area (Å²) in [5, 5.41) is 22.3. The number of aliphatic hydroxyl groups excluding tert-OH is 1. The molecule has 0 amide bonds. The van der Waals surface area contributed by atoms with Crippen molar-refractivity contribution in [3.05, 3.63) is 29.3 Å². The van der Waals surface area contributed by atoms with Crippen molar-refractivity contribution in [3.8, 4) is 11.8 Å². The summed E-state index contributed by atoms with van der Waals surface area (Å²) in [7, 11) is 0. The number of thiol groups is 1. The highest BCUT2D eigenvalue weighted by Crippen LogP contribution is 2.40. The number of rotatable bonds is 1. The Morgan fingerprint density at radius 3 is 2.84 bits per heavy atom. The molecule has 0 spiro atoms. The van der Waals surface area contributed by atoms with Gasteiger partial charge in [0.1, 0.15) is 21.8 Å². The number of fused-ring (bicyclic) bond motifs is 1. The predicted octanol–water partition coefficient (Wildman–Crippen LogP) is 1.94. The first-order valence-corrected chi connectivity index (χ1v) is 6.61. The largest absolute Gasteiger partial charge is 0.485 e. The Balaban J connectivity index is 2.52. The monoisotopic (exact) mass is 294 g/mol. The second kappa shape index (κ2) is 5.00. The third kappa shape index (κ3) is 2.68. The summed E-state index contributed by atoms with van der Waals surface area (Å²) < 4.78 is 6.06. The van der Waals surface area contributed by atoms with Crippen molar-refractivity contribution >= 4 is 29.2 Å². The van der Waals surface area contributed by atoms with Crippen LogP contribution in [0.5, 0.6) is 5.75 Å². The van der Waals surface area contributed by atoms with E-state index in [0.717, 1.165) is 0 Å². The van der Waals surface area contributed by atoms with Gasteiger partial charge in [-0.2, -0.15) is 5.26 Å². The lowest BCUT2D eigenvalue weighted by molar-refractivity contribution is -0.0607. The summed E-state index contributed by atoms with van der Waals surface area (Å²) in [5.41, 5.74) is 0.464. The smallest absolute Gasteiger partial charge is 0.132 e. The first-order valence-electron chi connectivity index (χ1n) is 5.76. The Bertz CT molecular complexity index is 566. The fourth-order valence-corrected chi connectivity index (χ4v) is 2.42. The third-order valence-electron chi connectivity index (χ3n) is 3.15. The minimum atomic E-state index is -0.806. The molecule has 0 saturated heterocycles. The molecule has 2 unspecified atom stereocenters. The minimum absolute atomic E-state index is 0.287. The van der Waals surface area contributed by atoms with Crippen molar-refractivity contribution in [2.45, 2.75) is 31.6 Å². The van der Waals surface area contributed by atoms with Gasteiger partial charge in [0.15, 0.2) is 0 Å². The summed E-state index contributed by atoms with van der Waals surface area (Å²) in [5.74, 6) is 0.636. The first-order chi connectivity index (χ1) is 8.85. The van der Waals surface area contributed by atoms with E-state index in [0.29, 0.717) is 16.9 Å². The molecule has 4 nitrogen and oxygen atoms in total. The van der Waals surface area contributed by atoms with Crippen LogP contribution in [0.2, 0.25) is 0 Å². The van der Waals surface area contributed by atoms with Gasteiger partial charge in [-0.25, -0.2) is 0 Å². The molecule has 0 aliphatic carbocycles. The number of nitriles is 1. The van der Waals surface area contributed by atoms with Crippen molar-refractivity contribution < 1.29 is 9.84 Å². The quantitative estimate of drug-likeness (QED) is 0.546. The standard InChI is InChI=1S/C13H14N2O2S2/c1-13(2)11(16)10(15-12(18)19)8-5-7(6-14)3-4-9(8)17-13/h3-5,10-11,16H,1-2H3,(H2,15,18,19). The lowest BCUT2D eigenvalue weighted by Crippen LogP contribution is -2.52. The highest BCUT2D eigenvalue weighted by molar-refractivity contribution is 8.11. The van der Waals surface area contributed by atoms with E-state index in [1.165, 1.54) is 0 Å². The van der Waals surface area contributed by atoms with Crippen LogP contribution in [0.25, 0.3) is 0 Å². The van der Waals surface area contributed by atoms with E-state index >= 15 is 0 Å². The van der Waals surface area contributed by atoms with E-state index in [2.05, 4.69) is 24.0 Å². The maximum absolute atomic E-state index is 10.4. The molecular formula is C13H14N2O2S2. The molecule has 0 radical (unpaired) electrons. The summed E-state index contributed by atoms with van der Waals surface area (Å²) in [6, 6.07) is 6.73. The Kier molecular flexibility index (Phi) is 3.72. The van der Waals surface area contributed by atoms with E-state index in [4.69, 9.17) is 22.2 Å². The Labute approximate surface area is 122 Å². The van der Waals surface area contributed by atoms with Crippen LogP contribution in [0.15, 0.2) is 18.2 Å². The first kappa shape index (κ1) is 14.1. The molecule has 2 N–H and O–H groups in total. The average Bonchev–Trinajstić information content (AvgIpc) is 2.34. The average molecular weight is 294 g/mol. The Morgan fingerprint density at radius 1 is 1.58 bits per heavy atom. The minimum Gasteiger partial charge on any atom is -0.485 e. The molecule has 6 heteroatoms. The number of nitrogens with one attached hydrogen (secondary N) is 1. The maximum Gasteiger partial charge on any atom is 0.132 e. The second-order valence-electron chi connectivity index (χ2n) is 4.94. The molecule has 19 heavy (non-hydrogen) atoms. The van der Waals surface area contributed by atoms with E-state index < -0.39 is 17.7 Å². The molecule has 1 heterocycles. The van der Waals surface area contributed by atoms with Crippen LogP contribution in [0, 0.1) is 11.3 Å². The van der Waals surface area contributed by atoms with Crippen molar-refractivity contribution in [1.29, 1.82) is 5.26 Å². The molecule has 2 rings (SSSR count). The molecule has 100 valence electrons. The Morgan fingerprint density at radius 2 is 2.26 bits per heavy atom. The maximum atomic E-state index is 10.4. The molecule has 1 aromatic carbocycles. The van der Waals surface area contributed by atoms with Gasteiger partial charge in [0.05, 0.1) is 17.7 Å². The zero-order chi connectivity index (χ0) is 14.2. The number of aliphatic hydroxyl groups is 1. The molecule has 1 aliphatic rings. The number of hydrogen-bond acceptors (Lipinski definition) is 4. The van der Waals surface area contributed by atoms with Gasteiger partial charge in [-0.15, -0.1) is 12.6 Å². The van der Waals surface area contributed by atoms with Gasteiger partial charge < -0.3 is 15.2 Å². The lowest BCUT2D eigenvalue weighted by Gasteiger charge is -2.42. The molecule has 0 aromatic heterocycles. The number of hydrogen-bond donors (Lipinski definition) is 3. The summed E-state index contributed by atoms with van der Waals surface area (Å²) in [4.78, 5) is 0. The predicted molar refractivity (Wildman–Crippen MR) is 79.3 cm³/mol. The molecule has 0 bridgehead atoms. The van der Waals surface area contributed by atoms with Crippen molar-refractivity contribution in [3.63, 3.8) is 0 Å². The summed E-state index contributed by atoms with van der Waals surface area (Å²) in [6.45, 7) is 3.60. The van der Waals surface area contributed by atoms with Gasteiger partial charge >= 0.3 is 0 Å². The molecule has 0 fully saturated rings. The normalized spacial score (nSPS) is 23.7. The zero-order valence-electron chi connectivity index (χ0n) is 10.5. The molecule has 0 saturated carbocycles. The van der Waals surface area contributed by atoms with E-state index in [1.807, 2.05) is 0 Å².